The van der Waals surface area contributed by atoms with Crippen LogP contribution in [0.15, 0.2) is 72.5 Å². The zero-order chi connectivity index (χ0) is 16.1. The van der Waals surface area contributed by atoms with Gasteiger partial charge in [0, 0.05) is 52.9 Å². The van der Waals surface area contributed by atoms with Crippen LogP contribution in [0.1, 0.15) is 0 Å². The minimum Gasteiger partial charge on any atom is -0.0508 e. The van der Waals surface area contributed by atoms with Crippen LogP contribution in [0, 0.1) is 0 Å². The molecule has 0 amide bonds. The summed E-state index contributed by atoms with van der Waals surface area (Å²) < 4.78 is 7.21. The lowest BCUT2D eigenvalue weighted by atomic mass is 10.2. The summed E-state index contributed by atoms with van der Waals surface area (Å²) in [6, 6.07) is 19.6. The zero-order valence-corrected chi connectivity index (χ0v) is 18.8. The summed E-state index contributed by atoms with van der Waals surface area (Å²) in [6.45, 7) is 0. The second kappa shape index (κ2) is 6.26. The Bertz CT molecular complexity index is 1010. The number of benzene rings is 3. The van der Waals surface area contributed by atoms with Crippen LogP contribution >= 0.6 is 74.2 Å². The molecule has 0 unspecified atom stereocenters. The number of fused-ring (bicyclic) bond motifs is 3. The largest absolute Gasteiger partial charge is 0.193 e. The maximum Gasteiger partial charge on any atom is 0.193 e. The number of rotatable bonds is 1. The summed E-state index contributed by atoms with van der Waals surface area (Å²) in [4.78, 5) is 1.32. The molecule has 0 fully saturated rings. The van der Waals surface area contributed by atoms with Gasteiger partial charge in [-0.2, -0.15) is 0 Å². The quantitative estimate of drug-likeness (QED) is 0.199. The van der Waals surface area contributed by atoms with Crippen molar-refractivity contribution in [2.24, 2.45) is 0 Å². The molecule has 114 valence electrons. The fourth-order valence-corrected chi connectivity index (χ4v) is 7.39. The summed E-state index contributed by atoms with van der Waals surface area (Å²) >= 11 is 14.5. The highest BCUT2D eigenvalue weighted by Crippen LogP contribution is 2.51. The summed E-state index contributed by atoms with van der Waals surface area (Å²) in [7, 11) is -0.0863. The first-order chi connectivity index (χ1) is 11.0. The number of hydrogen-bond donors (Lipinski definition) is 0. The first-order valence-corrected chi connectivity index (χ1v) is 11.2. The lowest BCUT2D eigenvalue weighted by Gasteiger charge is -1.98. The molecule has 5 heteroatoms. The smallest absolute Gasteiger partial charge is 0.0508 e. The molecule has 0 N–H and O–H groups in total. The molecule has 4 aromatic rings. The van der Waals surface area contributed by atoms with Crippen molar-refractivity contribution in [1.82, 2.24) is 0 Å². The monoisotopic (exact) mass is 573 g/mol. The molecule has 23 heavy (non-hydrogen) atoms. The Kier molecular flexibility index (Phi) is 4.43. The average Bonchev–Trinajstić information content (AvgIpc) is 2.81. The maximum absolute atomic E-state index is 3.75. The van der Waals surface area contributed by atoms with Crippen molar-refractivity contribution in [1.29, 1.82) is 0 Å². The first-order valence-electron chi connectivity index (χ1n) is 6.83. The molecule has 0 nitrogen and oxygen atoms in total. The third-order valence-electron chi connectivity index (χ3n) is 3.73. The Hall–Kier alpha value is -0.200. The van der Waals surface area contributed by atoms with Gasteiger partial charge in [0.1, 0.15) is 0 Å². The van der Waals surface area contributed by atoms with Gasteiger partial charge in [-0.05, 0) is 52.3 Å². The third-order valence-corrected chi connectivity index (χ3v) is 8.51. The van der Waals surface area contributed by atoms with Gasteiger partial charge in [-0.1, -0.05) is 47.8 Å². The molecule has 0 aliphatic heterocycles. The molecule has 0 aliphatic rings. The molecule has 0 spiro atoms. The van der Waals surface area contributed by atoms with Gasteiger partial charge >= 0.3 is 0 Å². The Morgan fingerprint density at radius 1 is 0.565 bits per heavy atom. The highest BCUT2D eigenvalue weighted by molar-refractivity contribution is 9.11. The molecule has 1 heterocycles. The molecule has 1 aromatic heterocycles. The van der Waals surface area contributed by atoms with E-state index in [0.29, 0.717) is 0 Å². The van der Waals surface area contributed by atoms with Crippen molar-refractivity contribution in [2.75, 3.05) is 0 Å². The lowest BCUT2D eigenvalue weighted by molar-refractivity contribution is 1.64. The predicted octanol–water partition coefficient (Wildman–Crippen LogP) is 8.78. The van der Waals surface area contributed by atoms with E-state index in [0.717, 1.165) is 17.9 Å². The highest BCUT2D eigenvalue weighted by atomic mass is 79.9. The Labute approximate surface area is 170 Å². The van der Waals surface area contributed by atoms with Crippen LogP contribution in [-0.4, -0.2) is 0 Å². The van der Waals surface area contributed by atoms with Crippen LogP contribution in [0.4, 0.5) is 0 Å². The molecule has 0 aliphatic carbocycles. The van der Waals surface area contributed by atoms with E-state index in [1.54, 1.807) is 0 Å². The number of halogens is 4. The molecule has 0 saturated heterocycles. The zero-order valence-electron chi connectivity index (χ0n) is 11.6. The second-order valence-corrected chi connectivity index (χ2v) is 10.7. The average molecular weight is 577 g/mol. The van der Waals surface area contributed by atoms with Gasteiger partial charge in [-0.25, -0.2) is 0 Å². The van der Waals surface area contributed by atoms with Crippen LogP contribution < -0.4 is 0 Å². The molecular weight excluding hydrogens is 568 g/mol. The number of hydrogen-bond acceptors (Lipinski definition) is 0. The highest BCUT2D eigenvalue weighted by Gasteiger charge is 2.25. The van der Waals surface area contributed by atoms with Crippen molar-refractivity contribution in [2.45, 2.75) is 0 Å². The Morgan fingerprint density at radius 3 is 1.57 bits per heavy atom. The van der Waals surface area contributed by atoms with E-state index in [-0.39, 0.29) is 10.5 Å². The van der Waals surface area contributed by atoms with Crippen molar-refractivity contribution in [3.8, 4) is 4.90 Å². The molecule has 0 atom stereocenters. The summed E-state index contributed by atoms with van der Waals surface area (Å²) in [5.41, 5.74) is 0. The molecular formula is C18H9Br4S+. The van der Waals surface area contributed by atoms with Crippen LogP contribution in [0.5, 0.6) is 0 Å². The van der Waals surface area contributed by atoms with E-state index in [4.69, 9.17) is 0 Å². The van der Waals surface area contributed by atoms with E-state index in [2.05, 4.69) is 118 Å². The molecule has 0 radical (unpaired) electrons. The van der Waals surface area contributed by atoms with Gasteiger partial charge in [-0.15, -0.1) is 0 Å². The summed E-state index contributed by atoms with van der Waals surface area (Å²) in [6.07, 6.45) is 0. The molecule has 0 saturated carbocycles. The normalized spacial score (nSPS) is 11.5. The fraction of sp³-hybridized carbons (Fsp3) is 0. The first kappa shape index (κ1) is 16.3. The van der Waals surface area contributed by atoms with E-state index in [9.17, 15) is 0 Å². The van der Waals surface area contributed by atoms with Crippen LogP contribution in [0.25, 0.3) is 25.1 Å². The van der Waals surface area contributed by atoms with Gasteiger partial charge in [0.05, 0.1) is 4.47 Å². The van der Waals surface area contributed by atoms with E-state index < -0.39 is 0 Å². The summed E-state index contributed by atoms with van der Waals surface area (Å²) in [5.74, 6) is 0. The minimum absolute atomic E-state index is 0.0863. The maximum atomic E-state index is 3.75. The van der Waals surface area contributed by atoms with E-state index in [1.165, 1.54) is 25.1 Å². The van der Waals surface area contributed by atoms with Gasteiger partial charge in [-0.3, -0.25) is 0 Å². The topological polar surface area (TPSA) is 0 Å². The van der Waals surface area contributed by atoms with Gasteiger partial charge in [0.25, 0.3) is 0 Å². The summed E-state index contributed by atoms with van der Waals surface area (Å²) in [5, 5.41) is 2.63. The fourth-order valence-electron chi connectivity index (χ4n) is 2.78. The van der Waals surface area contributed by atoms with Gasteiger partial charge in [0.15, 0.2) is 14.3 Å². The predicted molar refractivity (Wildman–Crippen MR) is 116 cm³/mol. The van der Waals surface area contributed by atoms with Crippen molar-refractivity contribution in [3.05, 3.63) is 72.5 Å². The Balaban J connectivity index is 2.20. The van der Waals surface area contributed by atoms with Gasteiger partial charge in [0.2, 0.25) is 0 Å². The molecule has 3 aromatic carbocycles. The minimum atomic E-state index is -0.0863. The number of thiophene rings is 1. The van der Waals surface area contributed by atoms with Crippen LogP contribution in [0.3, 0.4) is 0 Å². The van der Waals surface area contributed by atoms with Crippen molar-refractivity contribution in [3.63, 3.8) is 0 Å². The second-order valence-electron chi connectivity index (χ2n) is 5.16. The SMILES string of the molecule is Brc1ccc(-[s+]2c3ccc(Br)cc3c3cc(Br)ccc32)c(Br)c1. The van der Waals surface area contributed by atoms with E-state index >= 15 is 0 Å². The van der Waals surface area contributed by atoms with Crippen molar-refractivity contribution < 1.29 is 0 Å². The lowest BCUT2D eigenvalue weighted by Crippen LogP contribution is -1.75. The Morgan fingerprint density at radius 2 is 1.04 bits per heavy atom. The van der Waals surface area contributed by atoms with Crippen LogP contribution in [0.2, 0.25) is 0 Å². The molecule has 0 bridgehead atoms. The van der Waals surface area contributed by atoms with Crippen LogP contribution in [-0.2, 0) is 0 Å². The van der Waals surface area contributed by atoms with Gasteiger partial charge < -0.3 is 0 Å². The third kappa shape index (κ3) is 2.85. The molecule has 4 rings (SSSR count). The van der Waals surface area contributed by atoms with Crippen molar-refractivity contribution >= 4 is 94.4 Å². The van der Waals surface area contributed by atoms with E-state index in [1.807, 2.05) is 0 Å². The standard InChI is InChI=1S/C18H9Br4S/c19-10-1-4-16-13(7-10)14-8-11(20)2-5-17(14)23(16)18-6-3-12(21)9-15(18)22/h1-9H/q+1.